The summed E-state index contributed by atoms with van der Waals surface area (Å²) in [5.41, 5.74) is 0.346. The van der Waals surface area contributed by atoms with E-state index in [0.29, 0.717) is 22.7 Å². The molecule has 2 aromatic carbocycles. The van der Waals surface area contributed by atoms with Crippen LogP contribution in [-0.4, -0.2) is 25.3 Å². The molecule has 0 spiro atoms. The molecule has 8 heteroatoms. The zero-order chi connectivity index (χ0) is 18.2. The Hall–Kier alpha value is -2.61. The minimum absolute atomic E-state index is 0.0865. The Labute approximate surface area is 143 Å². The summed E-state index contributed by atoms with van der Waals surface area (Å²) in [5.74, 6) is -1.31. The quantitative estimate of drug-likeness (QED) is 0.686. The number of aromatic nitrogens is 1. The lowest BCUT2D eigenvalue weighted by Crippen LogP contribution is -2.13. The van der Waals surface area contributed by atoms with Crippen molar-refractivity contribution in [2.45, 2.75) is 6.92 Å². The van der Waals surface area contributed by atoms with Gasteiger partial charge in [0.05, 0.1) is 18.4 Å². The SMILES string of the molecule is CCS(=O)(=O)n1ccc2c(Oc3ccc(F)cc3F)cc(OC)cc21. The van der Waals surface area contributed by atoms with Crippen LogP contribution in [0.3, 0.4) is 0 Å². The molecule has 0 atom stereocenters. The molecule has 3 aromatic rings. The van der Waals surface area contributed by atoms with Crippen molar-refractivity contribution in [3.63, 3.8) is 0 Å². The van der Waals surface area contributed by atoms with Crippen LogP contribution in [0.5, 0.6) is 17.2 Å². The maximum absolute atomic E-state index is 13.9. The zero-order valence-electron chi connectivity index (χ0n) is 13.5. The maximum atomic E-state index is 13.9. The molecule has 0 unspecified atom stereocenters. The van der Waals surface area contributed by atoms with Crippen molar-refractivity contribution < 1.29 is 26.7 Å². The number of fused-ring (bicyclic) bond motifs is 1. The van der Waals surface area contributed by atoms with Crippen molar-refractivity contribution in [2.75, 3.05) is 12.9 Å². The summed E-state index contributed by atoms with van der Waals surface area (Å²) in [6.45, 7) is 1.53. The van der Waals surface area contributed by atoms with Gasteiger partial charge in [0.1, 0.15) is 17.3 Å². The van der Waals surface area contributed by atoms with Gasteiger partial charge in [-0.05, 0) is 25.1 Å². The predicted molar refractivity (Wildman–Crippen MR) is 89.8 cm³/mol. The monoisotopic (exact) mass is 367 g/mol. The van der Waals surface area contributed by atoms with E-state index in [1.165, 1.54) is 26.3 Å². The largest absolute Gasteiger partial charge is 0.497 e. The number of rotatable bonds is 5. The average Bonchev–Trinajstić information content (AvgIpc) is 3.02. The van der Waals surface area contributed by atoms with Gasteiger partial charge >= 0.3 is 0 Å². The zero-order valence-corrected chi connectivity index (χ0v) is 14.3. The van der Waals surface area contributed by atoms with Gasteiger partial charge in [0, 0.05) is 29.8 Å². The highest BCUT2D eigenvalue weighted by Gasteiger charge is 2.18. The van der Waals surface area contributed by atoms with E-state index in [0.717, 1.165) is 16.1 Å². The van der Waals surface area contributed by atoms with E-state index in [-0.39, 0.29) is 17.3 Å². The molecular formula is C17H15F2NO4S. The molecule has 132 valence electrons. The van der Waals surface area contributed by atoms with Crippen LogP contribution in [0, 0.1) is 11.6 Å². The topological polar surface area (TPSA) is 57.5 Å². The molecule has 0 saturated heterocycles. The van der Waals surface area contributed by atoms with Crippen LogP contribution >= 0.6 is 0 Å². The number of ether oxygens (including phenoxy) is 2. The molecule has 0 saturated carbocycles. The average molecular weight is 367 g/mol. The minimum Gasteiger partial charge on any atom is -0.497 e. The summed E-state index contributed by atoms with van der Waals surface area (Å²) in [4.78, 5) is 0. The molecule has 0 aliphatic rings. The molecule has 0 N–H and O–H groups in total. The van der Waals surface area contributed by atoms with Crippen LogP contribution in [-0.2, 0) is 10.0 Å². The molecule has 0 aliphatic carbocycles. The molecule has 1 aromatic heterocycles. The van der Waals surface area contributed by atoms with Gasteiger partial charge in [0.25, 0.3) is 0 Å². The van der Waals surface area contributed by atoms with Crippen molar-refractivity contribution in [2.24, 2.45) is 0 Å². The molecular weight excluding hydrogens is 352 g/mol. The number of hydrogen-bond acceptors (Lipinski definition) is 4. The van der Waals surface area contributed by atoms with Crippen molar-refractivity contribution in [3.05, 3.63) is 54.2 Å². The summed E-state index contributed by atoms with van der Waals surface area (Å²) in [6, 6.07) is 7.56. The van der Waals surface area contributed by atoms with Gasteiger partial charge in [-0.15, -0.1) is 0 Å². The van der Waals surface area contributed by atoms with E-state index in [9.17, 15) is 17.2 Å². The number of benzene rings is 2. The lowest BCUT2D eigenvalue weighted by molar-refractivity contribution is 0.406. The van der Waals surface area contributed by atoms with Crippen LogP contribution in [0.4, 0.5) is 8.78 Å². The molecule has 0 amide bonds. The Balaban J connectivity index is 2.18. The molecule has 0 fully saturated rings. The van der Waals surface area contributed by atoms with Crippen molar-refractivity contribution in [1.82, 2.24) is 3.97 Å². The van der Waals surface area contributed by atoms with E-state index < -0.39 is 21.7 Å². The number of hydrogen-bond donors (Lipinski definition) is 0. The molecule has 1 heterocycles. The first kappa shape index (κ1) is 17.2. The smallest absolute Gasteiger partial charge is 0.238 e. The molecule has 0 aliphatic heterocycles. The Bertz CT molecular complexity index is 1040. The third-order valence-electron chi connectivity index (χ3n) is 3.72. The Kier molecular flexibility index (Phi) is 4.38. The second-order valence-electron chi connectivity index (χ2n) is 5.25. The standard InChI is InChI=1S/C17H15F2NO4S/c1-3-25(21,22)20-7-6-13-15(20)9-12(23-2)10-17(13)24-16-5-4-11(18)8-14(16)19/h4-10H,3H2,1-2H3. The first-order valence-corrected chi connectivity index (χ1v) is 9.02. The summed E-state index contributed by atoms with van der Waals surface area (Å²) in [7, 11) is -2.11. The van der Waals surface area contributed by atoms with Crippen molar-refractivity contribution in [3.8, 4) is 17.2 Å². The third-order valence-corrected chi connectivity index (χ3v) is 5.37. The predicted octanol–water partition coefficient (Wildman–Crippen LogP) is 3.92. The summed E-state index contributed by atoms with van der Waals surface area (Å²) in [6.07, 6.45) is 1.40. The third kappa shape index (κ3) is 3.17. The van der Waals surface area contributed by atoms with Crippen LogP contribution in [0.1, 0.15) is 6.92 Å². The van der Waals surface area contributed by atoms with Crippen LogP contribution < -0.4 is 9.47 Å². The fourth-order valence-corrected chi connectivity index (χ4v) is 3.40. The molecule has 25 heavy (non-hydrogen) atoms. The van der Waals surface area contributed by atoms with E-state index >= 15 is 0 Å². The van der Waals surface area contributed by atoms with Gasteiger partial charge in [-0.25, -0.2) is 21.2 Å². The van der Waals surface area contributed by atoms with Gasteiger partial charge < -0.3 is 9.47 Å². The number of halogens is 2. The second kappa shape index (κ2) is 6.36. The Morgan fingerprint density at radius 3 is 2.48 bits per heavy atom. The van der Waals surface area contributed by atoms with Gasteiger partial charge in [-0.3, -0.25) is 0 Å². The highest BCUT2D eigenvalue weighted by Crippen LogP contribution is 2.36. The first-order valence-electron chi connectivity index (χ1n) is 7.41. The summed E-state index contributed by atoms with van der Waals surface area (Å²) >= 11 is 0. The van der Waals surface area contributed by atoms with Crippen molar-refractivity contribution in [1.29, 1.82) is 0 Å². The van der Waals surface area contributed by atoms with E-state index in [1.807, 2.05) is 0 Å². The van der Waals surface area contributed by atoms with E-state index in [4.69, 9.17) is 9.47 Å². The number of methoxy groups -OCH3 is 1. The van der Waals surface area contributed by atoms with E-state index in [1.54, 1.807) is 12.1 Å². The van der Waals surface area contributed by atoms with Gasteiger partial charge in [0.2, 0.25) is 10.0 Å². The van der Waals surface area contributed by atoms with Crippen LogP contribution in [0.15, 0.2) is 42.6 Å². The second-order valence-corrected chi connectivity index (χ2v) is 7.38. The highest BCUT2D eigenvalue weighted by atomic mass is 32.2. The lowest BCUT2D eigenvalue weighted by atomic mass is 10.2. The maximum Gasteiger partial charge on any atom is 0.238 e. The summed E-state index contributed by atoms with van der Waals surface area (Å²) in [5, 5.41) is 0.460. The van der Waals surface area contributed by atoms with Gasteiger partial charge in [-0.2, -0.15) is 0 Å². The minimum atomic E-state index is -3.53. The molecule has 5 nitrogen and oxygen atoms in total. The Morgan fingerprint density at radius 1 is 1.08 bits per heavy atom. The normalized spacial score (nSPS) is 11.7. The van der Waals surface area contributed by atoms with Crippen LogP contribution in [0.25, 0.3) is 10.9 Å². The van der Waals surface area contributed by atoms with E-state index in [2.05, 4.69) is 0 Å². The molecule has 3 rings (SSSR count). The lowest BCUT2D eigenvalue weighted by Gasteiger charge is -2.11. The van der Waals surface area contributed by atoms with Crippen LogP contribution in [0.2, 0.25) is 0 Å². The first-order chi connectivity index (χ1) is 11.9. The van der Waals surface area contributed by atoms with Gasteiger partial charge in [0.15, 0.2) is 11.6 Å². The Morgan fingerprint density at radius 2 is 1.84 bits per heavy atom. The summed E-state index contributed by atoms with van der Waals surface area (Å²) < 4.78 is 63.2. The molecule has 0 bridgehead atoms. The molecule has 0 radical (unpaired) electrons. The number of nitrogens with zero attached hydrogens (tertiary/aromatic N) is 1. The fourth-order valence-electron chi connectivity index (χ4n) is 2.42. The fraction of sp³-hybridized carbons (Fsp3) is 0.176. The van der Waals surface area contributed by atoms with Gasteiger partial charge in [-0.1, -0.05) is 0 Å². The van der Waals surface area contributed by atoms with Crippen molar-refractivity contribution >= 4 is 20.9 Å². The highest BCUT2D eigenvalue weighted by molar-refractivity contribution is 7.90.